The van der Waals surface area contributed by atoms with Crippen molar-refractivity contribution >= 4 is 5.97 Å². The van der Waals surface area contributed by atoms with Crippen molar-refractivity contribution in [1.29, 1.82) is 0 Å². The number of aliphatic carboxylic acids is 1. The molecule has 36 heavy (non-hydrogen) atoms. The number of carbonyl (C=O) groups is 1. The molecule has 5 nitrogen and oxygen atoms in total. The Bertz CT molecular complexity index is 954. The third kappa shape index (κ3) is 7.41. The zero-order valence-corrected chi connectivity index (χ0v) is 22.0. The molecule has 5 heteroatoms. The van der Waals surface area contributed by atoms with Crippen molar-refractivity contribution in [3.05, 3.63) is 53.6 Å². The predicted octanol–water partition coefficient (Wildman–Crippen LogP) is 7.93. The number of unbranched alkanes of at least 4 members (excludes halogenated alkanes) is 7. The van der Waals surface area contributed by atoms with E-state index in [1.807, 2.05) is 18.2 Å². The number of carboxylic acids is 1. The number of phenols is 2. The molecule has 0 amide bonds. The van der Waals surface area contributed by atoms with Gasteiger partial charge in [0.25, 0.3) is 0 Å². The van der Waals surface area contributed by atoms with Gasteiger partial charge in [-0.05, 0) is 48.6 Å². The number of benzene rings is 2. The molecule has 3 rings (SSSR count). The molecule has 0 aliphatic carbocycles. The van der Waals surface area contributed by atoms with Gasteiger partial charge in [0.2, 0.25) is 0 Å². The van der Waals surface area contributed by atoms with Crippen molar-refractivity contribution in [3.8, 4) is 17.2 Å². The second kappa shape index (κ2) is 13.6. The normalized spacial score (nSPS) is 19.9. The van der Waals surface area contributed by atoms with Crippen LogP contribution in [-0.2, 0) is 10.2 Å². The summed E-state index contributed by atoms with van der Waals surface area (Å²) in [6, 6.07) is 13.0. The maximum Gasteiger partial charge on any atom is 0.306 e. The number of phenolic OH excluding ortho intramolecular Hbond substituents is 2. The topological polar surface area (TPSA) is 87.0 Å². The van der Waals surface area contributed by atoms with Gasteiger partial charge in [0.1, 0.15) is 17.2 Å². The van der Waals surface area contributed by atoms with Gasteiger partial charge in [-0.2, -0.15) is 0 Å². The molecule has 1 heterocycles. The largest absolute Gasteiger partial charge is 0.508 e. The zero-order valence-electron chi connectivity index (χ0n) is 22.0. The molecule has 2 aromatic rings. The second-order valence-electron chi connectivity index (χ2n) is 10.8. The van der Waals surface area contributed by atoms with E-state index in [0.717, 1.165) is 61.8 Å². The Hall–Kier alpha value is -2.69. The lowest BCUT2D eigenvalue weighted by molar-refractivity contribution is -0.142. The lowest BCUT2D eigenvalue weighted by Gasteiger charge is -2.43. The highest BCUT2D eigenvalue weighted by molar-refractivity contribution is 5.69. The molecule has 3 atom stereocenters. The number of rotatable bonds is 15. The second-order valence-corrected chi connectivity index (χ2v) is 10.8. The van der Waals surface area contributed by atoms with Crippen molar-refractivity contribution in [2.45, 2.75) is 102 Å². The summed E-state index contributed by atoms with van der Waals surface area (Å²) in [5.41, 5.74) is 2.11. The van der Waals surface area contributed by atoms with Crippen LogP contribution >= 0.6 is 0 Å². The first-order valence-electron chi connectivity index (χ1n) is 13.8. The van der Waals surface area contributed by atoms with E-state index in [4.69, 9.17) is 4.74 Å². The van der Waals surface area contributed by atoms with Crippen molar-refractivity contribution < 1.29 is 24.9 Å². The van der Waals surface area contributed by atoms with E-state index < -0.39 is 5.97 Å². The number of hydrogen-bond acceptors (Lipinski definition) is 4. The van der Waals surface area contributed by atoms with Crippen LogP contribution in [0.5, 0.6) is 17.2 Å². The third-order valence-corrected chi connectivity index (χ3v) is 7.98. The molecule has 1 aliphatic heterocycles. The maximum absolute atomic E-state index is 11.3. The molecule has 198 valence electrons. The minimum absolute atomic E-state index is 0.165. The van der Waals surface area contributed by atoms with Crippen molar-refractivity contribution in [2.75, 3.05) is 6.61 Å². The molecule has 0 spiro atoms. The van der Waals surface area contributed by atoms with E-state index >= 15 is 0 Å². The van der Waals surface area contributed by atoms with Crippen LogP contribution in [0.25, 0.3) is 0 Å². The predicted molar refractivity (Wildman–Crippen MR) is 144 cm³/mol. The van der Waals surface area contributed by atoms with Crippen molar-refractivity contribution in [2.24, 2.45) is 5.92 Å². The Morgan fingerprint density at radius 1 is 0.917 bits per heavy atom. The molecule has 2 aromatic carbocycles. The van der Waals surface area contributed by atoms with Gasteiger partial charge < -0.3 is 20.1 Å². The SMILES string of the molecule is CCCC(CCCCCCCCCC[C@@H]1c2ccc(O)cc2OC[C@]1(C)c1ccc(O)cc1)C(=O)O. The van der Waals surface area contributed by atoms with Crippen LogP contribution in [0, 0.1) is 5.92 Å². The van der Waals surface area contributed by atoms with Gasteiger partial charge in [-0.25, -0.2) is 0 Å². The molecule has 3 N–H and O–H groups in total. The van der Waals surface area contributed by atoms with Crippen LogP contribution in [0.3, 0.4) is 0 Å². The van der Waals surface area contributed by atoms with Crippen molar-refractivity contribution in [3.63, 3.8) is 0 Å². The first kappa shape index (κ1) is 27.9. The van der Waals surface area contributed by atoms with E-state index in [2.05, 4.69) is 13.8 Å². The lowest BCUT2D eigenvalue weighted by Crippen LogP contribution is -2.40. The molecule has 0 saturated heterocycles. The van der Waals surface area contributed by atoms with E-state index in [-0.39, 0.29) is 28.7 Å². The summed E-state index contributed by atoms with van der Waals surface area (Å²) in [6.45, 7) is 4.84. The number of aromatic hydroxyl groups is 2. The first-order valence-corrected chi connectivity index (χ1v) is 13.8. The fraction of sp³-hybridized carbons (Fsp3) is 0.581. The minimum Gasteiger partial charge on any atom is -0.508 e. The molecule has 0 fully saturated rings. The van der Waals surface area contributed by atoms with Gasteiger partial charge in [-0.3, -0.25) is 4.79 Å². The van der Waals surface area contributed by atoms with Gasteiger partial charge in [-0.15, -0.1) is 0 Å². The average Bonchev–Trinajstić information content (AvgIpc) is 2.85. The Morgan fingerprint density at radius 3 is 2.17 bits per heavy atom. The average molecular weight is 497 g/mol. The Kier molecular flexibility index (Phi) is 10.5. The summed E-state index contributed by atoms with van der Waals surface area (Å²) in [4.78, 5) is 11.3. The highest BCUT2D eigenvalue weighted by Gasteiger charge is 2.42. The quantitative estimate of drug-likeness (QED) is 0.218. The maximum atomic E-state index is 11.3. The van der Waals surface area contributed by atoms with Gasteiger partial charge in [0.15, 0.2) is 0 Å². The molecule has 0 saturated carbocycles. The molecule has 0 radical (unpaired) electrons. The van der Waals surface area contributed by atoms with Gasteiger partial charge >= 0.3 is 5.97 Å². The van der Waals surface area contributed by atoms with Crippen LogP contribution < -0.4 is 4.74 Å². The number of fused-ring (bicyclic) bond motifs is 1. The van der Waals surface area contributed by atoms with Crippen LogP contribution in [0.1, 0.15) is 108 Å². The molecular formula is C31H44O5. The van der Waals surface area contributed by atoms with E-state index in [1.54, 1.807) is 24.3 Å². The van der Waals surface area contributed by atoms with Gasteiger partial charge in [-0.1, -0.05) is 89.8 Å². The molecule has 1 aliphatic rings. The highest BCUT2D eigenvalue weighted by Crippen LogP contribution is 2.49. The van der Waals surface area contributed by atoms with Crippen LogP contribution in [-0.4, -0.2) is 27.9 Å². The van der Waals surface area contributed by atoms with Gasteiger partial charge in [0, 0.05) is 17.4 Å². The molecule has 1 unspecified atom stereocenters. The van der Waals surface area contributed by atoms with Gasteiger partial charge in [0.05, 0.1) is 12.5 Å². The minimum atomic E-state index is -0.637. The first-order chi connectivity index (χ1) is 17.3. The Morgan fingerprint density at radius 2 is 1.53 bits per heavy atom. The Balaban J connectivity index is 1.46. The number of carboxylic acid groups (broad SMARTS) is 1. The number of ether oxygens (including phenoxy) is 1. The standard InChI is InChI=1S/C31H44O5/c1-3-12-23(30(34)35)13-10-8-6-4-5-7-9-11-14-28-27-20-19-26(33)21-29(27)36-22-31(28,2)24-15-17-25(32)18-16-24/h15-21,23,28,32-33H,3-14,22H2,1-2H3,(H,34,35)/t23?,28-,31-/m1/s1. The zero-order chi connectivity index (χ0) is 26.0. The fourth-order valence-electron chi connectivity index (χ4n) is 5.75. The third-order valence-electron chi connectivity index (χ3n) is 7.98. The fourth-order valence-corrected chi connectivity index (χ4v) is 5.75. The monoisotopic (exact) mass is 496 g/mol. The summed E-state index contributed by atoms with van der Waals surface area (Å²) in [5.74, 6) is 0.745. The Labute approximate surface area is 216 Å². The van der Waals surface area contributed by atoms with Crippen LogP contribution in [0.15, 0.2) is 42.5 Å². The van der Waals surface area contributed by atoms with E-state index in [0.29, 0.717) is 6.61 Å². The van der Waals surface area contributed by atoms with Crippen LogP contribution in [0.4, 0.5) is 0 Å². The molecule has 0 aromatic heterocycles. The summed E-state index contributed by atoms with van der Waals surface area (Å²) >= 11 is 0. The number of hydrogen-bond donors (Lipinski definition) is 3. The molecule has 0 bridgehead atoms. The van der Waals surface area contributed by atoms with E-state index in [1.165, 1.54) is 32.1 Å². The summed E-state index contributed by atoms with van der Waals surface area (Å²) in [6.07, 6.45) is 12.9. The summed E-state index contributed by atoms with van der Waals surface area (Å²) in [7, 11) is 0. The summed E-state index contributed by atoms with van der Waals surface area (Å²) < 4.78 is 6.11. The highest BCUT2D eigenvalue weighted by atomic mass is 16.5. The lowest BCUT2D eigenvalue weighted by atomic mass is 9.66. The smallest absolute Gasteiger partial charge is 0.306 e. The summed E-state index contributed by atoms with van der Waals surface area (Å²) in [5, 5.41) is 29.0. The molecular weight excluding hydrogens is 452 g/mol. The van der Waals surface area contributed by atoms with Crippen LogP contribution in [0.2, 0.25) is 0 Å². The van der Waals surface area contributed by atoms with E-state index in [9.17, 15) is 20.1 Å². The van der Waals surface area contributed by atoms with Crippen molar-refractivity contribution in [1.82, 2.24) is 0 Å².